The fourth-order valence-electron chi connectivity index (χ4n) is 1.14. The Bertz CT molecular complexity index is 357. The summed E-state index contributed by atoms with van der Waals surface area (Å²) in [6, 6.07) is 1.82. The van der Waals surface area contributed by atoms with Gasteiger partial charge in [0.15, 0.2) is 0 Å². The van der Waals surface area contributed by atoms with Crippen LogP contribution in [0.4, 0.5) is 5.82 Å². The quantitative estimate of drug-likeness (QED) is 0.578. The predicted octanol–water partition coefficient (Wildman–Crippen LogP) is 2.69. The molecule has 0 spiro atoms. The van der Waals surface area contributed by atoms with Gasteiger partial charge in [-0.15, -0.1) is 6.58 Å². The highest BCUT2D eigenvalue weighted by molar-refractivity contribution is 7.71. The fourth-order valence-corrected chi connectivity index (χ4v) is 1.37. The lowest BCUT2D eigenvalue weighted by atomic mass is 10.3. The van der Waals surface area contributed by atoms with Crippen molar-refractivity contribution in [2.45, 2.75) is 19.8 Å². The lowest BCUT2D eigenvalue weighted by molar-refractivity contribution is 0.832. The average Bonchev–Trinajstić information content (AvgIpc) is 2.14. The van der Waals surface area contributed by atoms with Crippen molar-refractivity contribution < 1.29 is 0 Å². The summed E-state index contributed by atoms with van der Waals surface area (Å²) < 4.78 is 0.624. The standard InChI is InChI=1S/C10H15N3S/c1-3-5-8-12-9(11-6-4-2)7-10(14)13-8/h4,7H,2-3,5-6H2,1H3,(H2,11,12,13,14). The van der Waals surface area contributed by atoms with E-state index in [2.05, 4.69) is 28.8 Å². The Morgan fingerprint density at radius 2 is 2.50 bits per heavy atom. The smallest absolute Gasteiger partial charge is 0.131 e. The van der Waals surface area contributed by atoms with E-state index < -0.39 is 0 Å². The Labute approximate surface area is 89.3 Å². The number of rotatable bonds is 5. The lowest BCUT2D eigenvalue weighted by Gasteiger charge is -2.05. The first-order valence-corrected chi connectivity index (χ1v) is 5.12. The first-order chi connectivity index (χ1) is 6.76. The van der Waals surface area contributed by atoms with E-state index in [1.807, 2.05) is 6.07 Å². The summed E-state index contributed by atoms with van der Waals surface area (Å²) in [4.78, 5) is 7.41. The molecule has 0 aliphatic rings. The van der Waals surface area contributed by atoms with Gasteiger partial charge in [-0.3, -0.25) is 0 Å². The predicted molar refractivity (Wildman–Crippen MR) is 62.1 cm³/mol. The van der Waals surface area contributed by atoms with E-state index in [1.165, 1.54) is 0 Å². The molecule has 1 aromatic rings. The molecule has 0 unspecified atom stereocenters. The van der Waals surface area contributed by atoms with Crippen molar-refractivity contribution in [2.75, 3.05) is 11.9 Å². The Morgan fingerprint density at radius 3 is 3.14 bits per heavy atom. The van der Waals surface area contributed by atoms with Crippen LogP contribution in [0.3, 0.4) is 0 Å². The minimum atomic E-state index is 0.624. The maximum atomic E-state index is 5.05. The van der Waals surface area contributed by atoms with Crippen LogP contribution in [0.1, 0.15) is 19.2 Å². The molecule has 0 radical (unpaired) electrons. The molecule has 14 heavy (non-hydrogen) atoms. The Kier molecular flexibility index (Phi) is 4.32. The SMILES string of the molecule is C=CCNc1cc(=S)nc(CCC)[nH]1. The zero-order valence-electron chi connectivity index (χ0n) is 8.34. The second kappa shape index (κ2) is 5.54. The summed E-state index contributed by atoms with van der Waals surface area (Å²) in [6.45, 7) is 6.48. The van der Waals surface area contributed by atoms with Crippen LogP contribution in [0.5, 0.6) is 0 Å². The van der Waals surface area contributed by atoms with Crippen LogP contribution < -0.4 is 5.32 Å². The third-order valence-electron chi connectivity index (χ3n) is 1.72. The largest absolute Gasteiger partial charge is 0.368 e. The van der Waals surface area contributed by atoms with Crippen LogP contribution >= 0.6 is 12.2 Å². The number of anilines is 1. The van der Waals surface area contributed by atoms with Crippen molar-refractivity contribution in [2.24, 2.45) is 0 Å². The van der Waals surface area contributed by atoms with Gasteiger partial charge < -0.3 is 10.3 Å². The van der Waals surface area contributed by atoms with Crippen molar-refractivity contribution in [3.05, 3.63) is 29.2 Å². The molecule has 0 fully saturated rings. The van der Waals surface area contributed by atoms with Gasteiger partial charge in [-0.25, -0.2) is 4.98 Å². The summed E-state index contributed by atoms with van der Waals surface area (Å²) >= 11 is 5.05. The van der Waals surface area contributed by atoms with Crippen LogP contribution in [0.2, 0.25) is 0 Å². The van der Waals surface area contributed by atoms with E-state index in [0.717, 1.165) is 31.0 Å². The third kappa shape index (κ3) is 3.30. The van der Waals surface area contributed by atoms with E-state index >= 15 is 0 Å². The second-order valence-corrected chi connectivity index (χ2v) is 3.42. The van der Waals surface area contributed by atoms with Gasteiger partial charge in [0.25, 0.3) is 0 Å². The zero-order chi connectivity index (χ0) is 10.4. The van der Waals surface area contributed by atoms with Gasteiger partial charge in [0.1, 0.15) is 16.3 Å². The van der Waals surface area contributed by atoms with E-state index in [1.54, 1.807) is 6.08 Å². The summed E-state index contributed by atoms with van der Waals surface area (Å²) in [5.41, 5.74) is 0. The van der Waals surface area contributed by atoms with Crippen molar-refractivity contribution in [3.63, 3.8) is 0 Å². The first-order valence-electron chi connectivity index (χ1n) is 4.71. The molecule has 0 amide bonds. The summed E-state index contributed by atoms with van der Waals surface area (Å²) in [5, 5.41) is 3.15. The highest BCUT2D eigenvalue weighted by atomic mass is 32.1. The van der Waals surface area contributed by atoms with Gasteiger partial charge in [-0.2, -0.15) is 0 Å². The average molecular weight is 209 g/mol. The van der Waals surface area contributed by atoms with Crippen molar-refractivity contribution in [1.29, 1.82) is 0 Å². The minimum Gasteiger partial charge on any atom is -0.368 e. The van der Waals surface area contributed by atoms with Gasteiger partial charge in [-0.05, 0) is 6.42 Å². The summed E-state index contributed by atoms with van der Waals surface area (Å²) in [5.74, 6) is 1.85. The molecule has 0 aliphatic heterocycles. The van der Waals surface area contributed by atoms with Crippen molar-refractivity contribution >= 4 is 18.0 Å². The van der Waals surface area contributed by atoms with Crippen molar-refractivity contribution in [1.82, 2.24) is 9.97 Å². The molecule has 0 aromatic carbocycles. The topological polar surface area (TPSA) is 40.7 Å². The Hall–Kier alpha value is -1.16. The van der Waals surface area contributed by atoms with Gasteiger partial charge in [-0.1, -0.05) is 25.2 Å². The molecule has 1 aromatic heterocycles. The van der Waals surface area contributed by atoms with Gasteiger partial charge in [0.05, 0.1) is 0 Å². The van der Waals surface area contributed by atoms with E-state index in [-0.39, 0.29) is 0 Å². The molecule has 3 nitrogen and oxygen atoms in total. The van der Waals surface area contributed by atoms with Crippen LogP contribution in [0, 0.1) is 4.64 Å². The number of H-pyrrole nitrogens is 1. The molecule has 0 saturated carbocycles. The molecule has 0 saturated heterocycles. The molecule has 1 rings (SSSR count). The number of hydrogen-bond donors (Lipinski definition) is 2. The molecular weight excluding hydrogens is 194 g/mol. The number of nitrogens with one attached hydrogen (secondary N) is 2. The van der Waals surface area contributed by atoms with Crippen LogP contribution in [-0.4, -0.2) is 16.5 Å². The maximum absolute atomic E-state index is 5.05. The molecular formula is C10H15N3S. The lowest BCUT2D eigenvalue weighted by Crippen LogP contribution is -2.04. The number of aromatic amines is 1. The Balaban J connectivity index is 2.83. The molecule has 4 heteroatoms. The van der Waals surface area contributed by atoms with Gasteiger partial charge in [0, 0.05) is 19.0 Å². The highest BCUT2D eigenvalue weighted by Gasteiger charge is 1.96. The molecule has 0 aliphatic carbocycles. The van der Waals surface area contributed by atoms with Crippen LogP contribution in [-0.2, 0) is 6.42 Å². The Morgan fingerprint density at radius 1 is 1.71 bits per heavy atom. The first kappa shape index (κ1) is 10.9. The maximum Gasteiger partial charge on any atom is 0.131 e. The van der Waals surface area contributed by atoms with Gasteiger partial charge >= 0.3 is 0 Å². The second-order valence-electron chi connectivity index (χ2n) is 3.00. The summed E-state index contributed by atoms with van der Waals surface area (Å²) in [6.07, 6.45) is 3.78. The van der Waals surface area contributed by atoms with Gasteiger partial charge in [0.2, 0.25) is 0 Å². The number of hydrogen-bond acceptors (Lipinski definition) is 3. The third-order valence-corrected chi connectivity index (χ3v) is 1.92. The monoisotopic (exact) mass is 209 g/mol. The van der Waals surface area contributed by atoms with Crippen LogP contribution in [0.15, 0.2) is 18.7 Å². The normalized spacial score (nSPS) is 9.79. The molecule has 2 N–H and O–H groups in total. The van der Waals surface area contributed by atoms with E-state index in [9.17, 15) is 0 Å². The van der Waals surface area contributed by atoms with E-state index in [4.69, 9.17) is 12.2 Å². The van der Waals surface area contributed by atoms with Crippen LogP contribution in [0.25, 0.3) is 0 Å². The highest BCUT2D eigenvalue weighted by Crippen LogP contribution is 2.04. The minimum absolute atomic E-state index is 0.624. The van der Waals surface area contributed by atoms with Crippen molar-refractivity contribution in [3.8, 4) is 0 Å². The molecule has 76 valence electrons. The zero-order valence-corrected chi connectivity index (χ0v) is 9.16. The summed E-state index contributed by atoms with van der Waals surface area (Å²) in [7, 11) is 0. The molecule has 0 atom stereocenters. The molecule has 1 heterocycles. The molecule has 0 bridgehead atoms. The number of aromatic nitrogens is 2. The van der Waals surface area contributed by atoms with E-state index in [0.29, 0.717) is 4.64 Å². The number of nitrogens with zero attached hydrogens (tertiary/aromatic N) is 1. The fraction of sp³-hybridized carbons (Fsp3) is 0.400. The number of aryl methyl sites for hydroxylation is 1.